The summed E-state index contributed by atoms with van der Waals surface area (Å²) in [6.45, 7) is 1.27. The van der Waals surface area contributed by atoms with Crippen molar-refractivity contribution in [1.29, 1.82) is 0 Å². The van der Waals surface area contributed by atoms with E-state index >= 15 is 0 Å². The van der Waals surface area contributed by atoms with Gasteiger partial charge in [-0.15, -0.1) is 11.3 Å². The van der Waals surface area contributed by atoms with Gasteiger partial charge in [-0.05, 0) is 6.92 Å². The molecule has 1 heterocycles. The molecule has 0 spiro atoms. The fourth-order valence-electron chi connectivity index (χ4n) is 0.789. The molecule has 7 heteroatoms. The van der Waals surface area contributed by atoms with Crippen molar-refractivity contribution in [3.63, 3.8) is 0 Å². The number of amides is 2. The van der Waals surface area contributed by atoms with Crippen molar-refractivity contribution in [1.82, 2.24) is 10.3 Å². The van der Waals surface area contributed by atoms with Crippen LogP contribution in [0.4, 0.5) is 4.39 Å². The Labute approximate surface area is 83.1 Å². The second-order valence-corrected chi connectivity index (χ2v) is 3.71. The van der Waals surface area contributed by atoms with Crippen LogP contribution in [-0.2, 0) is 4.79 Å². The van der Waals surface area contributed by atoms with E-state index in [1.807, 2.05) is 0 Å². The van der Waals surface area contributed by atoms with Gasteiger partial charge in [-0.2, -0.15) is 4.39 Å². The number of aromatic nitrogens is 1. The van der Waals surface area contributed by atoms with Gasteiger partial charge in [-0.3, -0.25) is 9.59 Å². The quantitative estimate of drug-likeness (QED) is 0.735. The van der Waals surface area contributed by atoms with Gasteiger partial charge >= 0.3 is 0 Å². The van der Waals surface area contributed by atoms with E-state index in [0.717, 1.165) is 11.3 Å². The Kier molecular flexibility index (Phi) is 3.13. The first-order valence-corrected chi connectivity index (χ1v) is 4.51. The number of aryl methyl sites for hydroxylation is 1. The van der Waals surface area contributed by atoms with E-state index in [1.54, 1.807) is 6.92 Å². The van der Waals surface area contributed by atoms with Crippen LogP contribution in [0.3, 0.4) is 0 Å². The molecule has 1 aromatic rings. The number of halogens is 1. The minimum atomic E-state index is -0.825. The van der Waals surface area contributed by atoms with E-state index in [1.165, 1.54) is 0 Å². The molecule has 0 aromatic carbocycles. The van der Waals surface area contributed by atoms with Gasteiger partial charge in [0.05, 0.1) is 11.6 Å². The third-order valence-corrected chi connectivity index (χ3v) is 2.27. The number of primary amides is 1. The van der Waals surface area contributed by atoms with Crippen LogP contribution in [0, 0.1) is 12.9 Å². The van der Waals surface area contributed by atoms with Gasteiger partial charge < -0.3 is 11.1 Å². The lowest BCUT2D eigenvalue weighted by molar-refractivity contribution is -0.117. The van der Waals surface area contributed by atoms with E-state index in [4.69, 9.17) is 5.73 Å². The predicted octanol–water partition coefficient (Wildman–Crippen LogP) is -0.194. The first-order chi connectivity index (χ1) is 6.50. The smallest absolute Gasteiger partial charge is 0.266 e. The molecule has 0 saturated heterocycles. The van der Waals surface area contributed by atoms with Crippen LogP contribution in [-0.4, -0.2) is 23.3 Å². The monoisotopic (exact) mass is 217 g/mol. The number of nitrogens with zero attached hydrogens (tertiary/aromatic N) is 1. The lowest BCUT2D eigenvalue weighted by Crippen LogP contribution is -2.33. The second kappa shape index (κ2) is 4.14. The topological polar surface area (TPSA) is 85.1 Å². The van der Waals surface area contributed by atoms with Crippen molar-refractivity contribution in [3.05, 3.63) is 15.8 Å². The Morgan fingerprint density at radius 1 is 1.64 bits per heavy atom. The molecule has 0 atom stereocenters. The predicted molar refractivity (Wildman–Crippen MR) is 48.3 cm³/mol. The van der Waals surface area contributed by atoms with Crippen LogP contribution in [0.2, 0.25) is 0 Å². The number of carbonyl (C=O) groups excluding carboxylic acids is 2. The van der Waals surface area contributed by atoms with Gasteiger partial charge in [-0.1, -0.05) is 0 Å². The van der Waals surface area contributed by atoms with Crippen molar-refractivity contribution in [2.24, 2.45) is 5.73 Å². The number of carbonyl (C=O) groups is 2. The van der Waals surface area contributed by atoms with Crippen LogP contribution in [0.5, 0.6) is 0 Å². The zero-order valence-electron chi connectivity index (χ0n) is 7.33. The highest BCUT2D eigenvalue weighted by Crippen LogP contribution is 2.15. The number of rotatable bonds is 3. The highest BCUT2D eigenvalue weighted by Gasteiger charge is 2.16. The molecule has 14 heavy (non-hydrogen) atoms. The maximum absolute atomic E-state index is 12.9. The number of nitrogens with two attached hydrogens (primary N) is 1. The van der Waals surface area contributed by atoms with Gasteiger partial charge in [0.25, 0.3) is 5.91 Å². The zero-order valence-corrected chi connectivity index (χ0v) is 8.15. The Balaban J connectivity index is 2.69. The first-order valence-electron chi connectivity index (χ1n) is 3.70. The summed E-state index contributed by atoms with van der Waals surface area (Å²) in [5.41, 5.74) is 4.80. The average Bonchev–Trinajstić information content (AvgIpc) is 2.41. The SMILES string of the molecule is Cc1nc(F)c(C(=O)NCC(N)=O)s1. The van der Waals surface area contributed by atoms with E-state index in [-0.39, 0.29) is 11.4 Å². The number of hydrogen-bond donors (Lipinski definition) is 2. The molecule has 2 amide bonds. The third kappa shape index (κ3) is 2.49. The molecule has 1 rings (SSSR count). The lowest BCUT2D eigenvalue weighted by Gasteiger charge is -1.98. The fraction of sp³-hybridized carbons (Fsp3) is 0.286. The van der Waals surface area contributed by atoms with E-state index in [9.17, 15) is 14.0 Å². The Hall–Kier alpha value is -1.50. The minimum Gasteiger partial charge on any atom is -0.368 e. The molecule has 0 aliphatic heterocycles. The van der Waals surface area contributed by atoms with Gasteiger partial charge in [0.2, 0.25) is 11.9 Å². The molecule has 0 aliphatic rings. The molecule has 0 radical (unpaired) electrons. The molecule has 0 saturated carbocycles. The van der Waals surface area contributed by atoms with Crippen molar-refractivity contribution in [2.75, 3.05) is 6.54 Å². The van der Waals surface area contributed by atoms with Gasteiger partial charge in [0.15, 0.2) is 0 Å². The Bertz CT molecular complexity index is 377. The molecule has 0 unspecified atom stereocenters. The highest BCUT2D eigenvalue weighted by molar-refractivity contribution is 7.13. The average molecular weight is 217 g/mol. The molecular weight excluding hydrogens is 209 g/mol. The summed E-state index contributed by atoms with van der Waals surface area (Å²) < 4.78 is 12.9. The summed E-state index contributed by atoms with van der Waals surface area (Å²) >= 11 is 0.924. The normalized spacial score (nSPS) is 9.86. The number of hydrogen-bond acceptors (Lipinski definition) is 4. The number of nitrogens with one attached hydrogen (secondary N) is 1. The highest BCUT2D eigenvalue weighted by atomic mass is 32.1. The first kappa shape index (κ1) is 10.6. The minimum absolute atomic E-state index is 0.135. The fourth-order valence-corrected chi connectivity index (χ4v) is 1.51. The molecule has 0 bridgehead atoms. The maximum atomic E-state index is 12.9. The molecular formula is C7H8FN3O2S. The zero-order chi connectivity index (χ0) is 10.7. The van der Waals surface area contributed by atoms with Crippen molar-refractivity contribution < 1.29 is 14.0 Å². The number of thiazole rings is 1. The molecule has 0 fully saturated rings. The summed E-state index contributed by atoms with van der Waals surface area (Å²) in [4.78, 5) is 24.8. The van der Waals surface area contributed by atoms with Crippen LogP contribution >= 0.6 is 11.3 Å². The molecule has 3 N–H and O–H groups in total. The maximum Gasteiger partial charge on any atom is 0.266 e. The van der Waals surface area contributed by atoms with Crippen molar-refractivity contribution in [3.8, 4) is 0 Å². The molecule has 76 valence electrons. The second-order valence-electron chi connectivity index (χ2n) is 2.50. The van der Waals surface area contributed by atoms with Crippen LogP contribution < -0.4 is 11.1 Å². The summed E-state index contributed by atoms with van der Waals surface area (Å²) in [6, 6.07) is 0. The Morgan fingerprint density at radius 3 is 2.71 bits per heavy atom. The molecule has 1 aromatic heterocycles. The summed E-state index contributed by atoms with van der Waals surface area (Å²) in [5.74, 6) is -2.18. The summed E-state index contributed by atoms with van der Waals surface area (Å²) in [7, 11) is 0. The van der Waals surface area contributed by atoms with Crippen molar-refractivity contribution >= 4 is 23.2 Å². The lowest BCUT2D eigenvalue weighted by atomic mass is 10.5. The Morgan fingerprint density at radius 2 is 2.29 bits per heavy atom. The van der Waals surface area contributed by atoms with Crippen LogP contribution in [0.15, 0.2) is 0 Å². The molecule has 5 nitrogen and oxygen atoms in total. The van der Waals surface area contributed by atoms with E-state index in [2.05, 4.69) is 10.3 Å². The largest absolute Gasteiger partial charge is 0.368 e. The molecule has 0 aliphatic carbocycles. The third-order valence-electron chi connectivity index (χ3n) is 1.32. The van der Waals surface area contributed by atoms with Crippen LogP contribution in [0.1, 0.15) is 14.7 Å². The van der Waals surface area contributed by atoms with Crippen molar-refractivity contribution in [2.45, 2.75) is 6.92 Å². The standard InChI is InChI=1S/C7H8FN3O2S/c1-3-11-6(8)5(14-3)7(13)10-2-4(9)12/h2H2,1H3,(H2,9,12)(H,10,13). The van der Waals surface area contributed by atoms with E-state index < -0.39 is 17.8 Å². The van der Waals surface area contributed by atoms with Gasteiger partial charge in [0, 0.05) is 0 Å². The van der Waals surface area contributed by atoms with Gasteiger partial charge in [0.1, 0.15) is 4.88 Å². The van der Waals surface area contributed by atoms with E-state index in [0.29, 0.717) is 5.01 Å². The van der Waals surface area contributed by atoms with Crippen LogP contribution in [0.25, 0.3) is 0 Å². The van der Waals surface area contributed by atoms with Gasteiger partial charge in [-0.25, -0.2) is 4.98 Å². The summed E-state index contributed by atoms with van der Waals surface area (Å²) in [6.07, 6.45) is 0. The summed E-state index contributed by atoms with van der Waals surface area (Å²) in [5, 5.41) is 2.62.